The molecule has 3 aromatic heterocycles. The number of rotatable bonds is 3. The Labute approximate surface area is 146 Å². The third-order valence-electron chi connectivity index (χ3n) is 4.23. The van der Waals surface area contributed by atoms with Gasteiger partial charge < -0.3 is 9.64 Å². The number of hydrogen-bond donors (Lipinski definition) is 0. The summed E-state index contributed by atoms with van der Waals surface area (Å²) in [5.41, 5.74) is 0.991. The van der Waals surface area contributed by atoms with Crippen molar-refractivity contribution in [1.82, 2.24) is 24.8 Å². The Hall–Kier alpha value is -2.91. The molecule has 26 heavy (non-hydrogen) atoms. The van der Waals surface area contributed by atoms with Gasteiger partial charge in [-0.25, -0.2) is 0 Å². The van der Waals surface area contributed by atoms with Gasteiger partial charge in [0.15, 0.2) is 5.65 Å². The Balaban J connectivity index is 1.54. The number of anilines is 1. The van der Waals surface area contributed by atoms with Crippen molar-refractivity contribution in [2.45, 2.75) is 25.6 Å². The van der Waals surface area contributed by atoms with E-state index in [2.05, 4.69) is 20.3 Å². The number of halogens is 3. The number of ether oxygens (including phenoxy) is 1. The van der Waals surface area contributed by atoms with E-state index in [1.165, 1.54) is 6.07 Å². The van der Waals surface area contributed by atoms with Gasteiger partial charge in [-0.3, -0.25) is 4.98 Å². The molecule has 0 spiro atoms. The Bertz CT molecular complexity index is 941. The van der Waals surface area contributed by atoms with Crippen LogP contribution in [-0.2, 0) is 6.18 Å². The lowest BCUT2D eigenvalue weighted by Crippen LogP contribution is -2.26. The minimum Gasteiger partial charge on any atom is -0.488 e. The average molecular weight is 364 g/mol. The van der Waals surface area contributed by atoms with E-state index in [9.17, 15) is 13.2 Å². The van der Waals surface area contributed by atoms with E-state index in [1.54, 1.807) is 24.5 Å². The summed E-state index contributed by atoms with van der Waals surface area (Å²) in [5.74, 6) is 0.0579. The molecule has 4 heterocycles. The van der Waals surface area contributed by atoms with Gasteiger partial charge in [-0.1, -0.05) is 0 Å². The number of nitrogens with zero attached hydrogens (tertiary/aromatic N) is 6. The molecule has 1 unspecified atom stereocenters. The van der Waals surface area contributed by atoms with Gasteiger partial charge >= 0.3 is 6.18 Å². The average Bonchev–Trinajstić information content (AvgIpc) is 3.22. The Morgan fingerprint density at radius 1 is 1.19 bits per heavy atom. The molecule has 1 aliphatic heterocycles. The van der Waals surface area contributed by atoms with Gasteiger partial charge in [0.25, 0.3) is 5.82 Å². The van der Waals surface area contributed by atoms with Gasteiger partial charge in [-0.2, -0.15) is 17.7 Å². The highest BCUT2D eigenvalue weighted by molar-refractivity contribution is 5.47. The van der Waals surface area contributed by atoms with E-state index >= 15 is 0 Å². The molecule has 0 N–H and O–H groups in total. The third-order valence-corrected chi connectivity index (χ3v) is 4.23. The molecule has 1 saturated heterocycles. The Morgan fingerprint density at radius 2 is 2.04 bits per heavy atom. The lowest BCUT2D eigenvalue weighted by molar-refractivity contribution is -0.146. The molecule has 0 aliphatic carbocycles. The summed E-state index contributed by atoms with van der Waals surface area (Å²) in [7, 11) is 0. The summed E-state index contributed by atoms with van der Waals surface area (Å²) in [6, 6.07) is 4.92. The maximum absolute atomic E-state index is 13.0. The van der Waals surface area contributed by atoms with E-state index in [-0.39, 0.29) is 11.8 Å². The number of hydrogen-bond acceptors (Lipinski definition) is 6. The van der Waals surface area contributed by atoms with Crippen molar-refractivity contribution >= 4 is 11.5 Å². The number of fused-ring (bicyclic) bond motifs is 1. The first-order valence-corrected chi connectivity index (χ1v) is 8.04. The van der Waals surface area contributed by atoms with Crippen LogP contribution in [0.2, 0.25) is 0 Å². The zero-order valence-corrected chi connectivity index (χ0v) is 13.8. The summed E-state index contributed by atoms with van der Waals surface area (Å²) >= 11 is 0. The first-order valence-electron chi connectivity index (χ1n) is 8.04. The summed E-state index contributed by atoms with van der Waals surface area (Å²) < 4.78 is 45.7. The van der Waals surface area contributed by atoms with E-state index in [0.717, 1.165) is 22.2 Å². The topological polar surface area (TPSA) is 68.4 Å². The lowest BCUT2D eigenvalue weighted by atomic mass is 10.2. The second-order valence-electron chi connectivity index (χ2n) is 6.10. The predicted octanol–water partition coefficient (Wildman–Crippen LogP) is 2.50. The van der Waals surface area contributed by atoms with Crippen LogP contribution in [0, 0.1) is 6.92 Å². The van der Waals surface area contributed by atoms with Gasteiger partial charge in [0.05, 0.1) is 6.54 Å². The van der Waals surface area contributed by atoms with Crippen molar-refractivity contribution in [3.63, 3.8) is 0 Å². The molecular formula is C16H15F3N6O. The van der Waals surface area contributed by atoms with Crippen LogP contribution in [0.4, 0.5) is 19.0 Å². The molecule has 1 fully saturated rings. The summed E-state index contributed by atoms with van der Waals surface area (Å²) in [6.07, 6.45) is -0.551. The molecule has 136 valence electrons. The van der Waals surface area contributed by atoms with Gasteiger partial charge in [-0.15, -0.1) is 15.3 Å². The minimum absolute atomic E-state index is 0.0560. The maximum atomic E-state index is 13.0. The zero-order valence-electron chi connectivity index (χ0n) is 13.8. The van der Waals surface area contributed by atoms with Crippen LogP contribution in [0.25, 0.3) is 5.65 Å². The quantitative estimate of drug-likeness (QED) is 0.711. The van der Waals surface area contributed by atoms with Crippen molar-refractivity contribution in [1.29, 1.82) is 0 Å². The molecule has 0 radical (unpaired) electrons. The van der Waals surface area contributed by atoms with Crippen LogP contribution in [0.1, 0.15) is 17.8 Å². The number of aryl methyl sites for hydroxylation is 1. The molecule has 1 aliphatic rings. The summed E-state index contributed by atoms with van der Waals surface area (Å²) in [6.45, 7) is 3.08. The van der Waals surface area contributed by atoms with Crippen LogP contribution in [-0.4, -0.2) is 44.0 Å². The molecule has 0 amide bonds. The first-order chi connectivity index (χ1) is 12.4. The van der Waals surface area contributed by atoms with Crippen molar-refractivity contribution in [3.8, 4) is 5.75 Å². The molecule has 1 atom stereocenters. The molecule has 3 aromatic rings. The SMILES string of the molecule is Cc1cnccc1OC1CCN(c2ccc3nnc(C(F)(F)F)n3n2)C1. The highest BCUT2D eigenvalue weighted by Crippen LogP contribution is 2.29. The predicted molar refractivity (Wildman–Crippen MR) is 86.0 cm³/mol. The number of alkyl halides is 3. The van der Waals surface area contributed by atoms with Crippen molar-refractivity contribution in [2.75, 3.05) is 18.0 Å². The first kappa shape index (κ1) is 16.6. The van der Waals surface area contributed by atoms with Crippen molar-refractivity contribution < 1.29 is 17.9 Å². The van der Waals surface area contributed by atoms with Crippen LogP contribution in [0.3, 0.4) is 0 Å². The molecule has 7 nitrogen and oxygen atoms in total. The van der Waals surface area contributed by atoms with Crippen LogP contribution < -0.4 is 9.64 Å². The minimum atomic E-state index is -4.61. The second-order valence-corrected chi connectivity index (χ2v) is 6.10. The Morgan fingerprint density at radius 3 is 2.81 bits per heavy atom. The van der Waals surface area contributed by atoms with Crippen molar-refractivity contribution in [2.24, 2.45) is 0 Å². The molecule has 0 saturated carbocycles. The zero-order chi connectivity index (χ0) is 18.3. The third kappa shape index (κ3) is 3.02. The second kappa shape index (κ2) is 6.11. The standard InChI is InChI=1S/C16H15F3N6O/c1-10-8-20-6-4-12(10)26-11-5-7-24(9-11)14-3-2-13-21-22-15(16(17,18)19)25(13)23-14/h2-4,6,8,11H,5,7,9H2,1H3. The van der Waals surface area contributed by atoms with E-state index in [0.29, 0.717) is 18.9 Å². The summed E-state index contributed by atoms with van der Waals surface area (Å²) in [4.78, 5) is 5.92. The highest BCUT2D eigenvalue weighted by atomic mass is 19.4. The van der Waals surface area contributed by atoms with Crippen molar-refractivity contribution in [3.05, 3.63) is 42.0 Å². The van der Waals surface area contributed by atoms with Gasteiger partial charge in [0, 0.05) is 30.9 Å². The van der Waals surface area contributed by atoms with Crippen LogP contribution >= 0.6 is 0 Å². The maximum Gasteiger partial charge on any atom is 0.453 e. The smallest absolute Gasteiger partial charge is 0.453 e. The van der Waals surface area contributed by atoms with Gasteiger partial charge in [0.1, 0.15) is 17.7 Å². The Kier molecular flexibility index (Phi) is 3.89. The van der Waals surface area contributed by atoms with E-state index in [1.807, 2.05) is 11.8 Å². The van der Waals surface area contributed by atoms with Crippen LogP contribution in [0.5, 0.6) is 5.75 Å². The molecular weight excluding hydrogens is 349 g/mol. The van der Waals surface area contributed by atoms with E-state index in [4.69, 9.17) is 4.74 Å². The normalized spacial score (nSPS) is 17.8. The highest BCUT2D eigenvalue weighted by Gasteiger charge is 2.38. The fraction of sp³-hybridized carbons (Fsp3) is 0.375. The summed E-state index contributed by atoms with van der Waals surface area (Å²) in [5, 5.41) is 10.8. The molecule has 0 aromatic carbocycles. The fourth-order valence-electron chi connectivity index (χ4n) is 2.93. The van der Waals surface area contributed by atoms with E-state index < -0.39 is 12.0 Å². The molecule has 10 heteroatoms. The lowest BCUT2D eigenvalue weighted by Gasteiger charge is -2.18. The van der Waals surface area contributed by atoms with Crippen LogP contribution in [0.15, 0.2) is 30.6 Å². The van der Waals surface area contributed by atoms with Gasteiger partial charge in [-0.05, 0) is 25.1 Å². The molecule has 4 rings (SSSR count). The number of pyridine rings is 1. The monoisotopic (exact) mass is 364 g/mol. The molecule has 0 bridgehead atoms. The number of aromatic nitrogens is 5. The fourth-order valence-corrected chi connectivity index (χ4v) is 2.93. The largest absolute Gasteiger partial charge is 0.488 e. The van der Waals surface area contributed by atoms with Gasteiger partial charge in [0.2, 0.25) is 0 Å².